The van der Waals surface area contributed by atoms with Gasteiger partial charge in [-0.3, -0.25) is 0 Å². The lowest BCUT2D eigenvalue weighted by molar-refractivity contribution is 0.545. The molecule has 2 aromatic heterocycles. The summed E-state index contributed by atoms with van der Waals surface area (Å²) in [4.78, 5) is 7.08. The molecular formula is C15H22ClN3. The number of rotatable bonds is 6. The molecule has 2 rings (SSSR count). The van der Waals surface area contributed by atoms with Crippen LogP contribution < -0.4 is 4.90 Å². The van der Waals surface area contributed by atoms with Crippen molar-refractivity contribution in [3.05, 3.63) is 30.1 Å². The van der Waals surface area contributed by atoms with Crippen LogP contribution in [0.4, 0.5) is 5.82 Å². The quantitative estimate of drug-likeness (QED) is 0.747. The van der Waals surface area contributed by atoms with Crippen molar-refractivity contribution >= 4 is 23.1 Å². The highest BCUT2D eigenvalue weighted by Gasteiger charge is 2.17. The summed E-state index contributed by atoms with van der Waals surface area (Å²) in [6, 6.07) is 6.05. The van der Waals surface area contributed by atoms with E-state index in [1.165, 1.54) is 6.42 Å². The molecule has 1 atom stereocenters. The van der Waals surface area contributed by atoms with Gasteiger partial charge in [0.25, 0.3) is 0 Å². The Balaban J connectivity index is 2.41. The van der Waals surface area contributed by atoms with Crippen LogP contribution in [0.3, 0.4) is 0 Å². The van der Waals surface area contributed by atoms with Crippen LogP contribution in [0.25, 0.3) is 5.65 Å². The number of fused-ring (bicyclic) bond motifs is 1. The number of halogens is 1. The van der Waals surface area contributed by atoms with E-state index >= 15 is 0 Å². The second-order valence-corrected chi connectivity index (χ2v) is 5.26. The van der Waals surface area contributed by atoms with Crippen molar-refractivity contribution in [1.29, 1.82) is 0 Å². The van der Waals surface area contributed by atoms with Gasteiger partial charge < -0.3 is 9.30 Å². The van der Waals surface area contributed by atoms with Gasteiger partial charge in [-0.1, -0.05) is 26.3 Å². The summed E-state index contributed by atoms with van der Waals surface area (Å²) in [5.41, 5.74) is 2.05. The molecule has 0 N–H and O–H groups in total. The average Bonchev–Trinajstić information content (AvgIpc) is 2.82. The van der Waals surface area contributed by atoms with E-state index in [4.69, 9.17) is 16.6 Å². The van der Waals surface area contributed by atoms with Gasteiger partial charge in [-0.25, -0.2) is 4.98 Å². The third kappa shape index (κ3) is 2.86. The fourth-order valence-corrected chi connectivity index (χ4v) is 2.53. The monoisotopic (exact) mass is 279 g/mol. The molecule has 0 saturated heterocycles. The number of hydrogen-bond donors (Lipinski definition) is 0. The number of aromatic nitrogens is 2. The lowest BCUT2D eigenvalue weighted by Crippen LogP contribution is -2.29. The Hall–Kier alpha value is -1.22. The van der Waals surface area contributed by atoms with E-state index in [0.29, 0.717) is 11.8 Å². The van der Waals surface area contributed by atoms with Crippen LogP contribution >= 0.6 is 11.6 Å². The summed E-state index contributed by atoms with van der Waals surface area (Å²) in [5.74, 6) is 2.18. The Bertz CT molecular complexity index is 535. The Kier molecular flexibility index (Phi) is 4.70. The number of pyridine rings is 1. The fraction of sp³-hybridized carbons (Fsp3) is 0.533. The van der Waals surface area contributed by atoms with Crippen molar-refractivity contribution in [3.8, 4) is 0 Å². The molecule has 0 aromatic carbocycles. The molecule has 0 bridgehead atoms. The fourth-order valence-electron chi connectivity index (χ4n) is 2.28. The molecule has 0 aliphatic heterocycles. The molecule has 0 aliphatic rings. The molecule has 0 radical (unpaired) electrons. The lowest BCUT2D eigenvalue weighted by atomic mass is 10.1. The minimum atomic E-state index is 0.484. The van der Waals surface area contributed by atoms with Gasteiger partial charge in [-0.05, 0) is 25.0 Å². The predicted octanol–water partition coefficient (Wildman–Crippen LogP) is 3.95. The van der Waals surface area contributed by atoms with Gasteiger partial charge in [0.2, 0.25) is 0 Å². The van der Waals surface area contributed by atoms with Gasteiger partial charge in [0.15, 0.2) is 5.82 Å². The summed E-state index contributed by atoms with van der Waals surface area (Å²) in [6.45, 7) is 8.66. The molecule has 0 aliphatic carbocycles. The Morgan fingerprint density at radius 1 is 1.37 bits per heavy atom. The maximum atomic E-state index is 6.14. The van der Waals surface area contributed by atoms with E-state index in [1.807, 2.05) is 24.4 Å². The predicted molar refractivity (Wildman–Crippen MR) is 82.1 cm³/mol. The zero-order valence-corrected chi connectivity index (χ0v) is 12.7. The second-order valence-electron chi connectivity index (χ2n) is 5.00. The second kappa shape index (κ2) is 6.29. The molecule has 4 heteroatoms. The maximum absolute atomic E-state index is 6.14. The van der Waals surface area contributed by atoms with Crippen LogP contribution in [0, 0.1) is 5.92 Å². The molecule has 0 fully saturated rings. The number of nitrogens with zero attached hydrogens (tertiary/aromatic N) is 3. The third-order valence-corrected chi connectivity index (χ3v) is 3.90. The summed E-state index contributed by atoms with van der Waals surface area (Å²) >= 11 is 6.14. The lowest BCUT2D eigenvalue weighted by Gasteiger charge is -2.24. The number of imidazole rings is 1. The molecule has 19 heavy (non-hydrogen) atoms. The topological polar surface area (TPSA) is 20.5 Å². The first-order valence-electron chi connectivity index (χ1n) is 6.98. The van der Waals surface area contributed by atoms with Crippen LogP contribution in [0.5, 0.6) is 0 Å². The Morgan fingerprint density at radius 3 is 2.79 bits per heavy atom. The average molecular weight is 280 g/mol. The summed E-state index contributed by atoms with van der Waals surface area (Å²) < 4.78 is 2.08. The smallest absolute Gasteiger partial charge is 0.152 e. The largest absolute Gasteiger partial charge is 0.355 e. The van der Waals surface area contributed by atoms with Gasteiger partial charge in [0.1, 0.15) is 5.65 Å². The zero-order valence-electron chi connectivity index (χ0n) is 11.9. The van der Waals surface area contributed by atoms with Crippen LogP contribution in [0.2, 0.25) is 0 Å². The van der Waals surface area contributed by atoms with Gasteiger partial charge in [0.05, 0.1) is 11.6 Å². The van der Waals surface area contributed by atoms with E-state index in [-0.39, 0.29) is 0 Å². The highest BCUT2D eigenvalue weighted by Crippen LogP contribution is 2.24. The number of alkyl halides is 1. The standard InChI is InChI=1S/C15H22ClN3/c1-4-12(3)11-18(5-2)15-13(10-16)19-9-7-6-8-14(19)17-15/h6-9,12H,4-5,10-11H2,1-3H3. The van der Waals surface area contributed by atoms with E-state index in [2.05, 4.69) is 30.1 Å². The number of hydrogen-bond acceptors (Lipinski definition) is 2. The van der Waals surface area contributed by atoms with E-state index < -0.39 is 0 Å². The highest BCUT2D eigenvalue weighted by atomic mass is 35.5. The SMILES string of the molecule is CCC(C)CN(CC)c1nc2ccccn2c1CCl. The van der Waals surface area contributed by atoms with E-state index in [9.17, 15) is 0 Å². The van der Waals surface area contributed by atoms with Gasteiger partial charge in [-0.2, -0.15) is 0 Å². The van der Waals surface area contributed by atoms with Crippen LogP contribution in [-0.4, -0.2) is 22.5 Å². The Labute approximate surface area is 120 Å². The van der Waals surface area contributed by atoms with Crippen molar-refractivity contribution in [2.75, 3.05) is 18.0 Å². The maximum Gasteiger partial charge on any atom is 0.152 e. The first-order valence-corrected chi connectivity index (χ1v) is 7.51. The van der Waals surface area contributed by atoms with Gasteiger partial charge in [-0.15, -0.1) is 11.6 Å². The first kappa shape index (κ1) is 14.2. The normalized spacial score (nSPS) is 12.8. The van der Waals surface area contributed by atoms with E-state index in [0.717, 1.165) is 30.2 Å². The van der Waals surface area contributed by atoms with Crippen molar-refractivity contribution in [2.24, 2.45) is 5.92 Å². The molecule has 1 unspecified atom stereocenters. The summed E-state index contributed by atoms with van der Waals surface area (Å²) in [6.07, 6.45) is 3.21. The third-order valence-electron chi connectivity index (χ3n) is 3.64. The molecule has 0 saturated carbocycles. The Morgan fingerprint density at radius 2 is 2.16 bits per heavy atom. The van der Waals surface area contributed by atoms with Crippen LogP contribution in [0.1, 0.15) is 32.9 Å². The van der Waals surface area contributed by atoms with Crippen molar-refractivity contribution in [3.63, 3.8) is 0 Å². The van der Waals surface area contributed by atoms with Crippen LogP contribution in [0.15, 0.2) is 24.4 Å². The molecule has 3 nitrogen and oxygen atoms in total. The van der Waals surface area contributed by atoms with Gasteiger partial charge in [0, 0.05) is 19.3 Å². The van der Waals surface area contributed by atoms with Crippen molar-refractivity contribution in [2.45, 2.75) is 33.1 Å². The molecule has 0 spiro atoms. The molecule has 2 heterocycles. The molecule has 0 amide bonds. The number of anilines is 1. The van der Waals surface area contributed by atoms with Crippen molar-refractivity contribution < 1.29 is 0 Å². The van der Waals surface area contributed by atoms with Crippen molar-refractivity contribution in [1.82, 2.24) is 9.38 Å². The van der Waals surface area contributed by atoms with E-state index in [1.54, 1.807) is 0 Å². The molecule has 104 valence electrons. The van der Waals surface area contributed by atoms with Gasteiger partial charge >= 0.3 is 0 Å². The minimum absolute atomic E-state index is 0.484. The summed E-state index contributed by atoms with van der Waals surface area (Å²) in [5, 5.41) is 0. The summed E-state index contributed by atoms with van der Waals surface area (Å²) in [7, 11) is 0. The highest BCUT2D eigenvalue weighted by molar-refractivity contribution is 6.17. The van der Waals surface area contributed by atoms with Crippen LogP contribution in [-0.2, 0) is 5.88 Å². The minimum Gasteiger partial charge on any atom is -0.355 e. The molecule has 2 aromatic rings. The molecular weight excluding hydrogens is 258 g/mol. The zero-order chi connectivity index (χ0) is 13.8. The first-order chi connectivity index (χ1) is 9.21.